The Morgan fingerprint density at radius 1 is 1.16 bits per heavy atom. The van der Waals surface area contributed by atoms with E-state index in [0.717, 1.165) is 5.65 Å². The Bertz CT molecular complexity index is 721. The van der Waals surface area contributed by atoms with Gasteiger partial charge in [0.05, 0.1) is 27.1 Å². The van der Waals surface area contributed by atoms with Crippen molar-refractivity contribution < 1.29 is 8.60 Å². The number of hydrogen-bond donors (Lipinski definition) is 0. The fourth-order valence-corrected chi connectivity index (χ4v) is 2.98. The second-order valence-electron chi connectivity index (χ2n) is 4.12. The minimum atomic E-state index is -1.42. The summed E-state index contributed by atoms with van der Waals surface area (Å²) in [5, 5.41) is 0. The first-order valence-corrected chi connectivity index (χ1v) is 7.11. The van der Waals surface area contributed by atoms with Gasteiger partial charge < -0.3 is 4.40 Å². The molecule has 5 heteroatoms. The lowest BCUT2D eigenvalue weighted by molar-refractivity contribution is 0.595. The van der Waals surface area contributed by atoms with Gasteiger partial charge in [-0.25, -0.2) is 9.37 Å². The van der Waals surface area contributed by atoms with Gasteiger partial charge >= 0.3 is 0 Å². The number of aromatic nitrogens is 2. The quantitative estimate of drug-likeness (QED) is 0.736. The van der Waals surface area contributed by atoms with Gasteiger partial charge in [-0.15, -0.1) is 0 Å². The summed E-state index contributed by atoms with van der Waals surface area (Å²) in [6.45, 7) is 0. The van der Waals surface area contributed by atoms with Crippen LogP contribution >= 0.6 is 0 Å². The molecule has 0 radical (unpaired) electrons. The zero-order valence-corrected chi connectivity index (χ0v) is 10.8. The molecule has 0 bridgehead atoms. The molecule has 0 fully saturated rings. The SMILES string of the molecule is O=S(Cc1cn2ccccc2n1)c1ccccc1F. The maximum Gasteiger partial charge on any atom is 0.139 e. The van der Waals surface area contributed by atoms with Crippen LogP contribution in [0.5, 0.6) is 0 Å². The van der Waals surface area contributed by atoms with Crippen LogP contribution in [0.3, 0.4) is 0 Å². The Morgan fingerprint density at radius 2 is 1.95 bits per heavy atom. The van der Waals surface area contributed by atoms with E-state index in [1.165, 1.54) is 6.07 Å². The number of halogens is 1. The summed E-state index contributed by atoms with van der Waals surface area (Å²) >= 11 is 0. The molecule has 1 atom stereocenters. The van der Waals surface area contributed by atoms with Crippen molar-refractivity contribution >= 4 is 16.4 Å². The van der Waals surface area contributed by atoms with Gasteiger partial charge in [0, 0.05) is 12.4 Å². The number of imidazole rings is 1. The molecule has 0 saturated carbocycles. The van der Waals surface area contributed by atoms with Crippen molar-refractivity contribution in [3.8, 4) is 0 Å². The van der Waals surface area contributed by atoms with Crippen LogP contribution in [0.2, 0.25) is 0 Å². The van der Waals surface area contributed by atoms with E-state index in [0.29, 0.717) is 5.69 Å². The van der Waals surface area contributed by atoms with Crippen molar-refractivity contribution in [3.05, 3.63) is 66.4 Å². The molecular formula is C14H11FN2OS. The Kier molecular flexibility index (Phi) is 3.13. The molecule has 0 aliphatic heterocycles. The third-order valence-electron chi connectivity index (χ3n) is 2.77. The van der Waals surface area contributed by atoms with E-state index in [1.54, 1.807) is 18.2 Å². The highest BCUT2D eigenvalue weighted by molar-refractivity contribution is 7.84. The number of rotatable bonds is 3. The highest BCUT2D eigenvalue weighted by Crippen LogP contribution is 2.15. The molecule has 0 N–H and O–H groups in total. The average molecular weight is 274 g/mol. The van der Waals surface area contributed by atoms with Crippen molar-refractivity contribution in [1.29, 1.82) is 0 Å². The molecule has 1 unspecified atom stereocenters. The van der Waals surface area contributed by atoms with Crippen LogP contribution in [0.15, 0.2) is 59.8 Å². The van der Waals surface area contributed by atoms with Crippen LogP contribution in [0.4, 0.5) is 4.39 Å². The van der Waals surface area contributed by atoms with Crippen molar-refractivity contribution in [3.63, 3.8) is 0 Å². The Morgan fingerprint density at radius 3 is 2.74 bits per heavy atom. The zero-order valence-electron chi connectivity index (χ0n) is 9.99. The predicted octanol–water partition coefficient (Wildman–Crippen LogP) is 2.78. The highest BCUT2D eigenvalue weighted by Gasteiger charge is 2.12. The Labute approximate surface area is 112 Å². The van der Waals surface area contributed by atoms with Crippen LogP contribution in [0, 0.1) is 5.82 Å². The highest BCUT2D eigenvalue weighted by atomic mass is 32.2. The van der Waals surface area contributed by atoms with Gasteiger partial charge in [0.2, 0.25) is 0 Å². The van der Waals surface area contributed by atoms with Gasteiger partial charge in [-0.2, -0.15) is 0 Å². The molecule has 0 aliphatic carbocycles. The predicted molar refractivity (Wildman–Crippen MR) is 71.7 cm³/mol. The molecule has 96 valence electrons. The van der Waals surface area contributed by atoms with Gasteiger partial charge in [0.25, 0.3) is 0 Å². The maximum atomic E-state index is 13.5. The number of pyridine rings is 1. The number of benzene rings is 1. The summed E-state index contributed by atoms with van der Waals surface area (Å²) in [4.78, 5) is 4.58. The summed E-state index contributed by atoms with van der Waals surface area (Å²) in [5.74, 6) is -0.229. The lowest BCUT2D eigenvalue weighted by atomic mass is 10.3. The molecule has 0 amide bonds. The summed E-state index contributed by atoms with van der Waals surface area (Å²) in [5.41, 5.74) is 1.48. The van der Waals surface area contributed by atoms with Crippen LogP contribution in [0.25, 0.3) is 5.65 Å². The lowest BCUT2D eigenvalue weighted by Crippen LogP contribution is -1.99. The van der Waals surface area contributed by atoms with E-state index in [4.69, 9.17) is 0 Å². The summed E-state index contributed by atoms with van der Waals surface area (Å²) in [6, 6.07) is 11.8. The van der Waals surface area contributed by atoms with E-state index in [-0.39, 0.29) is 10.6 Å². The van der Waals surface area contributed by atoms with Crippen molar-refractivity contribution in [1.82, 2.24) is 9.38 Å². The molecule has 19 heavy (non-hydrogen) atoms. The maximum absolute atomic E-state index is 13.5. The fraction of sp³-hybridized carbons (Fsp3) is 0.0714. The molecule has 0 spiro atoms. The van der Waals surface area contributed by atoms with Crippen molar-refractivity contribution in [2.45, 2.75) is 10.6 Å². The van der Waals surface area contributed by atoms with Crippen LogP contribution in [-0.2, 0) is 16.6 Å². The Balaban J connectivity index is 1.89. The second-order valence-corrected chi connectivity index (χ2v) is 5.54. The topological polar surface area (TPSA) is 34.4 Å². The normalized spacial score (nSPS) is 12.7. The van der Waals surface area contributed by atoms with E-state index >= 15 is 0 Å². The molecule has 1 aromatic carbocycles. The van der Waals surface area contributed by atoms with Gasteiger partial charge in [-0.3, -0.25) is 4.21 Å². The van der Waals surface area contributed by atoms with Gasteiger partial charge in [-0.1, -0.05) is 18.2 Å². The standard InChI is InChI=1S/C14H11FN2OS/c15-12-5-1-2-6-13(12)19(18)10-11-9-17-8-4-3-7-14(17)16-11/h1-9H,10H2. The summed E-state index contributed by atoms with van der Waals surface area (Å²) in [7, 11) is -1.42. The fourth-order valence-electron chi connectivity index (χ4n) is 1.90. The van der Waals surface area contributed by atoms with Crippen LogP contribution in [-0.4, -0.2) is 13.6 Å². The van der Waals surface area contributed by atoms with Crippen molar-refractivity contribution in [2.75, 3.05) is 0 Å². The average Bonchev–Trinajstić information content (AvgIpc) is 2.81. The number of hydrogen-bond acceptors (Lipinski definition) is 2. The Hall–Kier alpha value is -2.01. The molecule has 2 heterocycles. The molecule has 0 aliphatic rings. The molecule has 0 saturated heterocycles. The largest absolute Gasteiger partial charge is 0.307 e. The van der Waals surface area contributed by atoms with Crippen LogP contribution < -0.4 is 0 Å². The smallest absolute Gasteiger partial charge is 0.139 e. The molecular weight excluding hydrogens is 263 g/mol. The van der Waals surface area contributed by atoms with Crippen LogP contribution in [0.1, 0.15) is 5.69 Å². The number of nitrogens with zero attached hydrogens (tertiary/aromatic N) is 2. The van der Waals surface area contributed by atoms with E-state index in [2.05, 4.69) is 4.98 Å². The second kappa shape index (κ2) is 4.93. The number of fused-ring (bicyclic) bond motifs is 1. The van der Waals surface area contributed by atoms with Crippen molar-refractivity contribution in [2.24, 2.45) is 0 Å². The monoisotopic (exact) mass is 274 g/mol. The third kappa shape index (κ3) is 2.42. The lowest BCUT2D eigenvalue weighted by Gasteiger charge is -2.00. The summed E-state index contributed by atoms with van der Waals surface area (Å²) in [6.07, 6.45) is 3.69. The molecule has 3 rings (SSSR count). The molecule has 3 nitrogen and oxygen atoms in total. The van der Waals surface area contributed by atoms with E-state index < -0.39 is 16.6 Å². The van der Waals surface area contributed by atoms with Gasteiger partial charge in [-0.05, 0) is 24.3 Å². The minimum Gasteiger partial charge on any atom is -0.307 e. The zero-order chi connectivity index (χ0) is 13.2. The first kappa shape index (κ1) is 12.0. The van der Waals surface area contributed by atoms with Gasteiger partial charge in [0.15, 0.2) is 0 Å². The minimum absolute atomic E-state index is 0.211. The third-order valence-corrected chi connectivity index (χ3v) is 4.15. The van der Waals surface area contributed by atoms with E-state index in [9.17, 15) is 8.60 Å². The summed E-state index contributed by atoms with van der Waals surface area (Å²) < 4.78 is 27.5. The molecule has 3 aromatic rings. The molecule has 2 aromatic heterocycles. The first-order chi connectivity index (χ1) is 9.24. The van der Waals surface area contributed by atoms with E-state index in [1.807, 2.05) is 35.0 Å². The first-order valence-electron chi connectivity index (χ1n) is 5.79. The van der Waals surface area contributed by atoms with Gasteiger partial charge in [0.1, 0.15) is 11.5 Å².